The molecule has 0 saturated carbocycles. The van der Waals surface area contributed by atoms with Crippen molar-refractivity contribution < 1.29 is 9.53 Å². The fourth-order valence-electron chi connectivity index (χ4n) is 4.56. The first-order valence-electron chi connectivity index (χ1n) is 12.4. The van der Waals surface area contributed by atoms with Gasteiger partial charge >= 0.3 is 0 Å². The molecule has 0 bridgehead atoms. The molecule has 1 saturated heterocycles. The highest BCUT2D eigenvalue weighted by Crippen LogP contribution is 2.30. The number of nitrogens with one attached hydrogen (secondary N) is 1. The molecule has 2 heterocycles. The summed E-state index contributed by atoms with van der Waals surface area (Å²) in [5.41, 5.74) is 3.73. The Morgan fingerprint density at radius 2 is 1.69 bits per heavy atom. The monoisotopic (exact) mass is 481 g/mol. The summed E-state index contributed by atoms with van der Waals surface area (Å²) in [4.78, 5) is 27.2. The van der Waals surface area contributed by atoms with E-state index in [1.54, 1.807) is 0 Å². The molecule has 36 heavy (non-hydrogen) atoms. The topological polar surface area (TPSA) is 70.6 Å². The number of anilines is 3. The molecule has 0 aliphatic carbocycles. The van der Waals surface area contributed by atoms with Crippen molar-refractivity contribution in [3.63, 3.8) is 0 Å². The second-order valence-electron chi connectivity index (χ2n) is 9.06. The van der Waals surface area contributed by atoms with Gasteiger partial charge < -0.3 is 19.9 Å². The van der Waals surface area contributed by atoms with Gasteiger partial charge in [0, 0.05) is 43.6 Å². The lowest BCUT2D eigenvalue weighted by molar-refractivity contribution is 0.0744. The number of ether oxygens (including phenoxy) is 1. The van der Waals surface area contributed by atoms with Gasteiger partial charge in [0.25, 0.3) is 5.91 Å². The van der Waals surface area contributed by atoms with E-state index >= 15 is 0 Å². The fraction of sp³-hybridized carbons (Fsp3) is 0.276. The summed E-state index contributed by atoms with van der Waals surface area (Å²) in [7, 11) is 0. The van der Waals surface area contributed by atoms with Crippen LogP contribution < -0.4 is 15.0 Å². The minimum atomic E-state index is 0.00165. The first-order valence-corrected chi connectivity index (χ1v) is 12.4. The van der Waals surface area contributed by atoms with Crippen LogP contribution in [-0.4, -0.2) is 53.6 Å². The Morgan fingerprint density at radius 3 is 2.44 bits per heavy atom. The molecule has 1 fully saturated rings. The smallest absolute Gasteiger partial charge is 0.258 e. The molecule has 4 aromatic rings. The molecule has 1 aromatic heterocycles. The number of benzene rings is 3. The second kappa shape index (κ2) is 10.2. The minimum Gasteiger partial charge on any atom is -0.493 e. The van der Waals surface area contributed by atoms with E-state index in [1.165, 1.54) is 5.56 Å². The van der Waals surface area contributed by atoms with Crippen molar-refractivity contribution >= 4 is 34.1 Å². The molecule has 5 rings (SSSR count). The van der Waals surface area contributed by atoms with Crippen molar-refractivity contribution in [3.8, 4) is 5.75 Å². The summed E-state index contributed by atoms with van der Waals surface area (Å²) < 4.78 is 5.84. The van der Waals surface area contributed by atoms with Crippen molar-refractivity contribution in [1.82, 2.24) is 14.9 Å². The lowest BCUT2D eigenvalue weighted by Gasteiger charge is -2.35. The maximum Gasteiger partial charge on any atom is 0.258 e. The van der Waals surface area contributed by atoms with Gasteiger partial charge in [-0.2, -0.15) is 4.98 Å². The van der Waals surface area contributed by atoms with E-state index in [9.17, 15) is 4.79 Å². The number of carbonyl (C=O) groups is 1. The Balaban J connectivity index is 1.32. The van der Waals surface area contributed by atoms with Gasteiger partial charge in [-0.05, 0) is 49.7 Å². The largest absolute Gasteiger partial charge is 0.493 e. The van der Waals surface area contributed by atoms with Gasteiger partial charge in [-0.25, -0.2) is 4.98 Å². The minimum absolute atomic E-state index is 0.00165. The third-order valence-electron chi connectivity index (χ3n) is 6.42. The molecule has 0 spiro atoms. The van der Waals surface area contributed by atoms with Crippen LogP contribution in [0.5, 0.6) is 5.75 Å². The Labute approximate surface area is 211 Å². The predicted octanol–water partition coefficient (Wildman–Crippen LogP) is 5.35. The van der Waals surface area contributed by atoms with Crippen molar-refractivity contribution in [3.05, 3.63) is 83.6 Å². The number of carbonyl (C=O) groups excluding carboxylic acids is 1. The molecule has 7 heteroatoms. The number of amides is 1. The van der Waals surface area contributed by atoms with E-state index in [-0.39, 0.29) is 5.91 Å². The van der Waals surface area contributed by atoms with E-state index < -0.39 is 0 Å². The summed E-state index contributed by atoms with van der Waals surface area (Å²) >= 11 is 0. The highest BCUT2D eigenvalue weighted by Gasteiger charge is 2.27. The Morgan fingerprint density at radius 1 is 0.944 bits per heavy atom. The lowest BCUT2D eigenvalue weighted by Crippen LogP contribution is -2.49. The van der Waals surface area contributed by atoms with Gasteiger partial charge in [0.2, 0.25) is 5.95 Å². The normalized spacial score (nSPS) is 13.6. The average Bonchev–Trinajstić information content (AvgIpc) is 2.89. The van der Waals surface area contributed by atoms with Gasteiger partial charge in [0.15, 0.2) is 0 Å². The molecule has 1 amide bonds. The molecule has 0 atom stereocenters. The van der Waals surface area contributed by atoms with Gasteiger partial charge in [-0.1, -0.05) is 48.0 Å². The number of hydrogen-bond acceptors (Lipinski definition) is 6. The van der Waals surface area contributed by atoms with Gasteiger partial charge in [0.1, 0.15) is 11.6 Å². The van der Waals surface area contributed by atoms with Crippen LogP contribution in [0.2, 0.25) is 0 Å². The van der Waals surface area contributed by atoms with Crippen LogP contribution in [0.1, 0.15) is 28.5 Å². The lowest BCUT2D eigenvalue weighted by atomic mass is 10.0. The molecule has 184 valence electrons. The van der Waals surface area contributed by atoms with Gasteiger partial charge in [-0.3, -0.25) is 4.79 Å². The summed E-state index contributed by atoms with van der Waals surface area (Å²) in [6.07, 6.45) is 0. The zero-order valence-corrected chi connectivity index (χ0v) is 21.0. The van der Waals surface area contributed by atoms with Gasteiger partial charge in [-0.15, -0.1) is 0 Å². The highest BCUT2D eigenvalue weighted by molar-refractivity contribution is 6.09. The number of fused-ring (bicyclic) bond motifs is 1. The zero-order valence-electron chi connectivity index (χ0n) is 21.0. The first-order chi connectivity index (χ1) is 17.5. The predicted molar refractivity (Wildman–Crippen MR) is 144 cm³/mol. The maximum absolute atomic E-state index is 13.7. The van der Waals surface area contributed by atoms with E-state index in [0.29, 0.717) is 50.0 Å². The second-order valence-corrected chi connectivity index (χ2v) is 9.06. The van der Waals surface area contributed by atoms with E-state index in [4.69, 9.17) is 9.72 Å². The van der Waals surface area contributed by atoms with Crippen LogP contribution in [0.3, 0.4) is 0 Å². The van der Waals surface area contributed by atoms with E-state index in [2.05, 4.69) is 34.3 Å². The summed E-state index contributed by atoms with van der Waals surface area (Å²) in [5.74, 6) is 2.08. The van der Waals surface area contributed by atoms with Crippen molar-refractivity contribution in [2.45, 2.75) is 20.8 Å². The quantitative estimate of drug-likeness (QED) is 0.400. The van der Waals surface area contributed by atoms with Crippen molar-refractivity contribution in [1.29, 1.82) is 0 Å². The fourth-order valence-corrected chi connectivity index (χ4v) is 4.56. The standard InChI is InChI=1S/C29H31N5O2/c1-4-36-25-14-11-22-7-5-6-8-24(22)27(25)28(35)33-15-17-34(18-16-33)29-30-21(3)19-26(32-29)31-23-12-9-20(2)10-13-23/h5-14,19H,4,15-18H2,1-3H3,(H,30,31,32). The van der Waals surface area contributed by atoms with Gasteiger partial charge in [0.05, 0.1) is 12.2 Å². The molecule has 3 aromatic carbocycles. The number of aromatic nitrogens is 2. The SMILES string of the molecule is CCOc1ccc2ccccc2c1C(=O)N1CCN(c2nc(C)cc(Nc3ccc(C)cc3)n2)CC1. The highest BCUT2D eigenvalue weighted by atomic mass is 16.5. The number of aryl methyl sites for hydroxylation is 2. The van der Waals surface area contributed by atoms with Crippen LogP contribution in [0.15, 0.2) is 66.7 Å². The molecular formula is C29H31N5O2. The third-order valence-corrected chi connectivity index (χ3v) is 6.42. The maximum atomic E-state index is 13.7. The average molecular weight is 482 g/mol. The van der Waals surface area contributed by atoms with Crippen LogP contribution in [0.25, 0.3) is 10.8 Å². The molecule has 1 aliphatic heterocycles. The third kappa shape index (κ3) is 4.96. The number of piperazine rings is 1. The van der Waals surface area contributed by atoms with Crippen molar-refractivity contribution in [2.75, 3.05) is 43.0 Å². The molecule has 1 N–H and O–H groups in total. The summed E-state index contributed by atoms with van der Waals surface area (Å²) in [6, 6.07) is 22.0. The summed E-state index contributed by atoms with van der Waals surface area (Å²) in [5, 5.41) is 5.33. The molecule has 7 nitrogen and oxygen atoms in total. The zero-order chi connectivity index (χ0) is 25.1. The van der Waals surface area contributed by atoms with E-state index in [1.807, 2.05) is 73.3 Å². The first kappa shape index (κ1) is 23.6. The molecule has 0 unspecified atom stereocenters. The van der Waals surface area contributed by atoms with Crippen LogP contribution in [0.4, 0.5) is 17.5 Å². The molecular weight excluding hydrogens is 450 g/mol. The van der Waals surface area contributed by atoms with Crippen LogP contribution in [-0.2, 0) is 0 Å². The molecule has 0 radical (unpaired) electrons. The molecule has 1 aliphatic rings. The Hall–Kier alpha value is -4.13. The number of rotatable bonds is 6. The van der Waals surface area contributed by atoms with Crippen LogP contribution in [0, 0.1) is 13.8 Å². The van der Waals surface area contributed by atoms with Crippen LogP contribution >= 0.6 is 0 Å². The number of hydrogen-bond donors (Lipinski definition) is 1. The summed E-state index contributed by atoms with van der Waals surface area (Å²) in [6.45, 7) is 8.99. The number of nitrogens with zero attached hydrogens (tertiary/aromatic N) is 4. The Kier molecular flexibility index (Phi) is 6.71. The van der Waals surface area contributed by atoms with E-state index in [0.717, 1.165) is 28.0 Å². The van der Waals surface area contributed by atoms with Crippen molar-refractivity contribution in [2.24, 2.45) is 0 Å². The Bertz CT molecular complexity index is 1380.